The highest BCUT2D eigenvalue weighted by Crippen LogP contribution is 2.33. The van der Waals surface area contributed by atoms with Crippen LogP contribution < -0.4 is 0 Å². The molecule has 0 atom stereocenters. The van der Waals surface area contributed by atoms with Crippen LogP contribution in [0.3, 0.4) is 0 Å². The summed E-state index contributed by atoms with van der Waals surface area (Å²) in [5.41, 5.74) is 0.307. The van der Waals surface area contributed by atoms with Gasteiger partial charge in [-0.1, -0.05) is 19.3 Å². The van der Waals surface area contributed by atoms with Gasteiger partial charge in [0.1, 0.15) is 0 Å². The number of hydrogen-bond donors (Lipinski definition) is 0. The first-order valence-corrected chi connectivity index (χ1v) is 4.81. The third-order valence-corrected chi connectivity index (χ3v) is 2.99. The minimum Gasteiger partial charge on any atom is -0.267 e. The van der Waals surface area contributed by atoms with E-state index in [-0.39, 0.29) is 0 Å². The maximum atomic E-state index is 4.33. The molecule has 1 aromatic rings. The number of nitrogens with zero attached hydrogens (tertiary/aromatic N) is 2. The molecule has 2 nitrogen and oxygen atoms in total. The van der Waals surface area contributed by atoms with E-state index in [0.717, 1.165) is 0 Å². The molecule has 66 valence electrons. The normalized spacial score (nSPS) is 22.4. The zero-order chi connectivity index (χ0) is 8.44. The zero-order valence-corrected chi connectivity index (χ0v) is 7.66. The fourth-order valence-electron chi connectivity index (χ4n) is 2.13. The molecule has 0 aliphatic heterocycles. The Morgan fingerprint density at radius 2 is 2.00 bits per heavy atom. The molecule has 1 fully saturated rings. The molecule has 1 aliphatic carbocycles. The second-order valence-corrected chi connectivity index (χ2v) is 4.01. The Morgan fingerprint density at radius 3 is 2.58 bits per heavy atom. The molecule has 0 saturated heterocycles. The van der Waals surface area contributed by atoms with Gasteiger partial charge in [-0.05, 0) is 25.8 Å². The third kappa shape index (κ3) is 1.26. The van der Waals surface area contributed by atoms with E-state index in [1.807, 2.05) is 12.3 Å². The maximum Gasteiger partial charge on any atom is 0.0599 e. The molecule has 1 aromatic heterocycles. The fourth-order valence-corrected chi connectivity index (χ4v) is 2.13. The first kappa shape index (κ1) is 7.84. The van der Waals surface area contributed by atoms with E-state index >= 15 is 0 Å². The molecule has 0 N–H and O–H groups in total. The molecule has 1 heterocycles. The average molecular weight is 164 g/mol. The fraction of sp³-hybridized carbons (Fsp3) is 0.700. The van der Waals surface area contributed by atoms with Gasteiger partial charge in [0.2, 0.25) is 0 Å². The molecule has 2 heteroatoms. The molecule has 12 heavy (non-hydrogen) atoms. The van der Waals surface area contributed by atoms with Gasteiger partial charge in [-0.15, -0.1) is 0 Å². The highest BCUT2D eigenvalue weighted by molar-refractivity contribution is 4.89. The lowest BCUT2D eigenvalue weighted by molar-refractivity contribution is 0.198. The van der Waals surface area contributed by atoms with Gasteiger partial charge in [-0.2, -0.15) is 5.10 Å². The second-order valence-electron chi connectivity index (χ2n) is 4.01. The summed E-state index contributed by atoms with van der Waals surface area (Å²) < 4.78 is 2.13. The summed E-state index contributed by atoms with van der Waals surface area (Å²) in [7, 11) is 0. The maximum absolute atomic E-state index is 4.33. The van der Waals surface area contributed by atoms with Crippen molar-refractivity contribution in [2.24, 2.45) is 0 Å². The van der Waals surface area contributed by atoms with Crippen LogP contribution in [0.2, 0.25) is 0 Å². The molecule has 1 saturated carbocycles. The molecule has 1 aliphatic rings. The molecular weight excluding hydrogens is 148 g/mol. The van der Waals surface area contributed by atoms with Crippen LogP contribution in [0.25, 0.3) is 0 Å². The highest BCUT2D eigenvalue weighted by Gasteiger charge is 2.28. The highest BCUT2D eigenvalue weighted by atomic mass is 15.3. The average Bonchev–Trinajstić information content (AvgIpc) is 2.58. The van der Waals surface area contributed by atoms with Gasteiger partial charge in [0.25, 0.3) is 0 Å². The molecule has 0 spiro atoms. The van der Waals surface area contributed by atoms with E-state index in [9.17, 15) is 0 Å². The van der Waals surface area contributed by atoms with Crippen molar-refractivity contribution in [3.05, 3.63) is 18.5 Å². The van der Waals surface area contributed by atoms with Crippen LogP contribution in [-0.4, -0.2) is 9.78 Å². The number of hydrogen-bond acceptors (Lipinski definition) is 1. The van der Waals surface area contributed by atoms with E-state index in [1.54, 1.807) is 0 Å². The van der Waals surface area contributed by atoms with Crippen LogP contribution >= 0.6 is 0 Å². The standard InChI is InChI=1S/C10H16N2/c1-10(6-3-2-4-7-10)12-9-5-8-11-12/h5,8-9H,2-4,6-7H2,1H3. The van der Waals surface area contributed by atoms with Crippen LogP contribution in [0.4, 0.5) is 0 Å². The summed E-state index contributed by atoms with van der Waals surface area (Å²) in [5, 5.41) is 4.33. The smallest absolute Gasteiger partial charge is 0.0599 e. The van der Waals surface area contributed by atoms with Crippen molar-refractivity contribution in [1.82, 2.24) is 9.78 Å². The van der Waals surface area contributed by atoms with E-state index < -0.39 is 0 Å². The van der Waals surface area contributed by atoms with E-state index in [0.29, 0.717) is 5.54 Å². The SMILES string of the molecule is CC1(n2cccn2)CCCCC1. The van der Waals surface area contributed by atoms with Crippen LogP contribution in [-0.2, 0) is 5.54 Å². The molecule has 0 bridgehead atoms. The molecular formula is C10H16N2. The van der Waals surface area contributed by atoms with Gasteiger partial charge in [0.15, 0.2) is 0 Å². The lowest BCUT2D eigenvalue weighted by atomic mass is 9.83. The van der Waals surface area contributed by atoms with Crippen LogP contribution in [0.15, 0.2) is 18.5 Å². The van der Waals surface area contributed by atoms with Gasteiger partial charge in [-0.25, -0.2) is 0 Å². The van der Waals surface area contributed by atoms with E-state index in [2.05, 4.69) is 22.9 Å². The van der Waals surface area contributed by atoms with Crippen LogP contribution in [0.1, 0.15) is 39.0 Å². The predicted octanol–water partition coefficient (Wildman–Crippen LogP) is 2.56. The Kier molecular flexibility index (Phi) is 1.91. The van der Waals surface area contributed by atoms with Gasteiger partial charge in [0, 0.05) is 12.4 Å². The number of rotatable bonds is 1. The lowest BCUT2D eigenvalue weighted by Gasteiger charge is -2.33. The van der Waals surface area contributed by atoms with Gasteiger partial charge in [-0.3, -0.25) is 4.68 Å². The van der Waals surface area contributed by atoms with Crippen molar-refractivity contribution < 1.29 is 0 Å². The Balaban J connectivity index is 2.19. The minimum atomic E-state index is 0.307. The molecule has 0 amide bonds. The summed E-state index contributed by atoms with van der Waals surface area (Å²) in [5.74, 6) is 0. The summed E-state index contributed by atoms with van der Waals surface area (Å²) in [6.07, 6.45) is 10.7. The lowest BCUT2D eigenvalue weighted by Crippen LogP contribution is -2.32. The van der Waals surface area contributed by atoms with Crippen molar-refractivity contribution in [1.29, 1.82) is 0 Å². The van der Waals surface area contributed by atoms with Gasteiger partial charge in [0.05, 0.1) is 5.54 Å². The summed E-state index contributed by atoms with van der Waals surface area (Å²) >= 11 is 0. The van der Waals surface area contributed by atoms with E-state index in [4.69, 9.17) is 0 Å². The largest absolute Gasteiger partial charge is 0.267 e. The van der Waals surface area contributed by atoms with Crippen molar-refractivity contribution >= 4 is 0 Å². The topological polar surface area (TPSA) is 17.8 Å². The third-order valence-electron chi connectivity index (χ3n) is 2.99. The number of aromatic nitrogens is 2. The Labute approximate surface area is 73.6 Å². The minimum absolute atomic E-state index is 0.307. The molecule has 0 aromatic carbocycles. The first-order chi connectivity index (χ1) is 5.81. The van der Waals surface area contributed by atoms with Gasteiger partial charge < -0.3 is 0 Å². The second kappa shape index (κ2) is 2.92. The summed E-state index contributed by atoms with van der Waals surface area (Å²) in [4.78, 5) is 0. The summed E-state index contributed by atoms with van der Waals surface area (Å²) in [6.45, 7) is 2.32. The van der Waals surface area contributed by atoms with Crippen molar-refractivity contribution in [3.63, 3.8) is 0 Å². The summed E-state index contributed by atoms with van der Waals surface area (Å²) in [6, 6.07) is 2.01. The predicted molar refractivity (Wildman–Crippen MR) is 49.0 cm³/mol. The molecule has 0 radical (unpaired) electrons. The first-order valence-electron chi connectivity index (χ1n) is 4.81. The molecule has 2 rings (SSSR count). The van der Waals surface area contributed by atoms with Crippen LogP contribution in [0, 0.1) is 0 Å². The quantitative estimate of drug-likeness (QED) is 0.623. The van der Waals surface area contributed by atoms with E-state index in [1.165, 1.54) is 32.1 Å². The Hall–Kier alpha value is -0.790. The Bertz CT molecular complexity index is 232. The Morgan fingerprint density at radius 1 is 1.25 bits per heavy atom. The van der Waals surface area contributed by atoms with Crippen molar-refractivity contribution in [2.75, 3.05) is 0 Å². The van der Waals surface area contributed by atoms with Crippen molar-refractivity contribution in [2.45, 2.75) is 44.6 Å². The van der Waals surface area contributed by atoms with Gasteiger partial charge >= 0.3 is 0 Å². The zero-order valence-electron chi connectivity index (χ0n) is 7.66. The van der Waals surface area contributed by atoms with Crippen LogP contribution in [0.5, 0.6) is 0 Å². The van der Waals surface area contributed by atoms with Crippen molar-refractivity contribution in [3.8, 4) is 0 Å². The molecule has 0 unspecified atom stereocenters. The monoisotopic (exact) mass is 164 g/mol.